The van der Waals surface area contributed by atoms with Crippen molar-refractivity contribution < 1.29 is 14.3 Å². The maximum Gasteiger partial charge on any atom is 0.253 e. The molecule has 0 aliphatic heterocycles. The summed E-state index contributed by atoms with van der Waals surface area (Å²) in [5, 5.41) is -0.657. The zero-order chi connectivity index (χ0) is 16.9. The van der Waals surface area contributed by atoms with Crippen LogP contribution in [-0.2, 0) is 0 Å². The van der Waals surface area contributed by atoms with Gasteiger partial charge in [0.1, 0.15) is 11.5 Å². The summed E-state index contributed by atoms with van der Waals surface area (Å²) < 4.78 is 5.74. The van der Waals surface area contributed by atoms with Crippen molar-refractivity contribution in [1.29, 1.82) is 0 Å². The van der Waals surface area contributed by atoms with Crippen LogP contribution in [0.25, 0.3) is 0 Å². The molecule has 0 saturated carbocycles. The van der Waals surface area contributed by atoms with Gasteiger partial charge >= 0.3 is 0 Å². The van der Waals surface area contributed by atoms with Crippen LogP contribution in [0.5, 0.6) is 11.5 Å². The third-order valence-electron chi connectivity index (χ3n) is 3.46. The molecule has 118 valence electrons. The third kappa shape index (κ3) is 3.53. The number of hydrogen-bond donors (Lipinski definition) is 0. The SMILES string of the molecule is O=C(Cl)c1ccccc1C(=O)c1cccc(Oc2ccccc2)c1. The van der Waals surface area contributed by atoms with Crippen LogP contribution in [0.1, 0.15) is 26.3 Å². The predicted octanol–water partition coefficient (Wildman–Crippen LogP) is 5.09. The Morgan fingerprint density at radius 1 is 0.708 bits per heavy atom. The van der Waals surface area contributed by atoms with Crippen molar-refractivity contribution >= 4 is 22.6 Å². The second-order valence-corrected chi connectivity index (χ2v) is 5.43. The average molecular weight is 337 g/mol. The Kier molecular flexibility index (Phi) is 4.73. The fourth-order valence-electron chi connectivity index (χ4n) is 2.33. The molecule has 0 aliphatic carbocycles. The van der Waals surface area contributed by atoms with Crippen molar-refractivity contribution in [3.05, 3.63) is 95.6 Å². The molecule has 0 unspecified atom stereocenters. The summed E-state index contributed by atoms with van der Waals surface area (Å²) in [7, 11) is 0. The van der Waals surface area contributed by atoms with E-state index in [1.54, 1.807) is 42.5 Å². The monoisotopic (exact) mass is 336 g/mol. The Labute approximate surface area is 144 Å². The second-order valence-electron chi connectivity index (χ2n) is 5.09. The van der Waals surface area contributed by atoms with Crippen LogP contribution in [-0.4, -0.2) is 11.0 Å². The van der Waals surface area contributed by atoms with Crippen molar-refractivity contribution in [2.75, 3.05) is 0 Å². The first kappa shape index (κ1) is 16.0. The Morgan fingerprint density at radius 2 is 1.33 bits per heavy atom. The van der Waals surface area contributed by atoms with Gasteiger partial charge in [0.2, 0.25) is 0 Å². The minimum absolute atomic E-state index is 0.193. The summed E-state index contributed by atoms with van der Waals surface area (Å²) in [6.07, 6.45) is 0. The molecule has 3 rings (SSSR count). The summed E-state index contributed by atoms with van der Waals surface area (Å²) in [4.78, 5) is 24.2. The van der Waals surface area contributed by atoms with Crippen LogP contribution in [0.2, 0.25) is 0 Å². The smallest absolute Gasteiger partial charge is 0.253 e. The van der Waals surface area contributed by atoms with Gasteiger partial charge in [-0.2, -0.15) is 0 Å². The van der Waals surface area contributed by atoms with Crippen LogP contribution in [0.3, 0.4) is 0 Å². The van der Waals surface area contributed by atoms with Crippen molar-refractivity contribution in [1.82, 2.24) is 0 Å². The molecule has 24 heavy (non-hydrogen) atoms. The number of para-hydroxylation sites is 1. The quantitative estimate of drug-likeness (QED) is 0.481. The molecule has 0 amide bonds. The molecule has 3 aromatic rings. The Morgan fingerprint density at radius 3 is 2.04 bits per heavy atom. The number of rotatable bonds is 5. The fraction of sp³-hybridized carbons (Fsp3) is 0. The number of halogens is 1. The first-order valence-corrected chi connectivity index (χ1v) is 7.69. The average Bonchev–Trinajstić information content (AvgIpc) is 2.62. The summed E-state index contributed by atoms with van der Waals surface area (Å²) in [6, 6.07) is 22.6. The number of ether oxygens (including phenoxy) is 1. The lowest BCUT2D eigenvalue weighted by Crippen LogP contribution is -2.07. The molecular weight excluding hydrogens is 324 g/mol. The van der Waals surface area contributed by atoms with Crippen molar-refractivity contribution in [2.45, 2.75) is 0 Å². The molecule has 0 fully saturated rings. The van der Waals surface area contributed by atoms with Gasteiger partial charge in [0.25, 0.3) is 5.24 Å². The number of carbonyl (C=O) groups is 2. The topological polar surface area (TPSA) is 43.4 Å². The molecule has 4 heteroatoms. The summed E-state index contributed by atoms with van der Waals surface area (Å²) in [6.45, 7) is 0. The van der Waals surface area contributed by atoms with Gasteiger partial charge in [0.05, 0.1) is 0 Å². The Balaban J connectivity index is 1.92. The molecule has 0 saturated heterocycles. The fourth-order valence-corrected chi connectivity index (χ4v) is 2.50. The Hall–Kier alpha value is -2.91. The predicted molar refractivity (Wildman–Crippen MR) is 93.0 cm³/mol. The van der Waals surface area contributed by atoms with E-state index in [1.807, 2.05) is 30.3 Å². The normalized spacial score (nSPS) is 10.2. The lowest BCUT2D eigenvalue weighted by atomic mass is 9.99. The van der Waals surface area contributed by atoms with E-state index in [1.165, 1.54) is 6.07 Å². The molecular formula is C20H13ClO3. The Bertz CT molecular complexity index is 888. The standard InChI is InChI=1S/C20H13ClO3/c21-20(23)18-12-5-4-11-17(18)19(22)14-7-6-10-16(13-14)24-15-8-2-1-3-9-15/h1-13H. The number of benzene rings is 3. The van der Waals surface area contributed by atoms with Crippen LogP contribution in [0, 0.1) is 0 Å². The molecule has 3 nitrogen and oxygen atoms in total. The zero-order valence-corrected chi connectivity index (χ0v) is 13.4. The summed E-state index contributed by atoms with van der Waals surface area (Å²) >= 11 is 5.56. The van der Waals surface area contributed by atoms with Gasteiger partial charge in [-0.05, 0) is 41.9 Å². The lowest BCUT2D eigenvalue weighted by Gasteiger charge is -2.08. The van der Waals surface area contributed by atoms with Gasteiger partial charge in [-0.1, -0.05) is 48.5 Å². The van der Waals surface area contributed by atoms with E-state index in [9.17, 15) is 9.59 Å². The number of ketones is 1. The number of carbonyl (C=O) groups excluding carboxylic acids is 2. The van der Waals surface area contributed by atoms with Crippen molar-refractivity contribution in [3.8, 4) is 11.5 Å². The first-order valence-electron chi connectivity index (χ1n) is 7.31. The molecule has 0 atom stereocenters. The molecule has 0 aromatic heterocycles. The molecule has 0 heterocycles. The zero-order valence-electron chi connectivity index (χ0n) is 12.6. The van der Waals surface area contributed by atoms with Gasteiger partial charge in [0, 0.05) is 16.7 Å². The second kappa shape index (κ2) is 7.11. The number of hydrogen-bond acceptors (Lipinski definition) is 3. The minimum atomic E-state index is -0.657. The van der Waals surface area contributed by atoms with Gasteiger partial charge < -0.3 is 4.74 Å². The van der Waals surface area contributed by atoms with Gasteiger partial charge in [-0.25, -0.2) is 0 Å². The highest BCUT2D eigenvalue weighted by atomic mass is 35.5. The van der Waals surface area contributed by atoms with E-state index in [2.05, 4.69) is 0 Å². The molecule has 3 aromatic carbocycles. The van der Waals surface area contributed by atoms with Crippen LogP contribution in [0.4, 0.5) is 0 Å². The molecule has 0 aliphatic rings. The van der Waals surface area contributed by atoms with Crippen LogP contribution >= 0.6 is 11.6 Å². The van der Waals surface area contributed by atoms with E-state index < -0.39 is 5.24 Å². The largest absolute Gasteiger partial charge is 0.457 e. The maximum atomic E-state index is 12.7. The molecule has 0 spiro atoms. The molecule has 0 N–H and O–H groups in total. The summed E-state index contributed by atoms with van der Waals surface area (Å²) in [5.41, 5.74) is 0.890. The molecule has 0 bridgehead atoms. The van der Waals surface area contributed by atoms with Crippen molar-refractivity contribution in [3.63, 3.8) is 0 Å². The molecule has 0 radical (unpaired) electrons. The minimum Gasteiger partial charge on any atom is -0.457 e. The van der Waals surface area contributed by atoms with E-state index in [0.29, 0.717) is 17.1 Å². The van der Waals surface area contributed by atoms with Crippen LogP contribution in [0.15, 0.2) is 78.9 Å². The first-order chi connectivity index (χ1) is 11.6. The van der Waals surface area contributed by atoms with Gasteiger partial charge in [-0.3, -0.25) is 9.59 Å². The van der Waals surface area contributed by atoms with Gasteiger partial charge in [-0.15, -0.1) is 0 Å². The summed E-state index contributed by atoms with van der Waals surface area (Å²) in [5.74, 6) is 0.943. The van der Waals surface area contributed by atoms with E-state index >= 15 is 0 Å². The maximum absolute atomic E-state index is 12.7. The third-order valence-corrected chi connectivity index (χ3v) is 3.66. The van der Waals surface area contributed by atoms with E-state index in [-0.39, 0.29) is 16.9 Å². The highest BCUT2D eigenvalue weighted by Crippen LogP contribution is 2.24. The lowest BCUT2D eigenvalue weighted by molar-refractivity contribution is 0.102. The van der Waals surface area contributed by atoms with Crippen molar-refractivity contribution in [2.24, 2.45) is 0 Å². The van der Waals surface area contributed by atoms with E-state index in [4.69, 9.17) is 16.3 Å². The highest BCUT2D eigenvalue weighted by Gasteiger charge is 2.17. The van der Waals surface area contributed by atoms with Gasteiger partial charge in [0.15, 0.2) is 5.78 Å². The van der Waals surface area contributed by atoms with E-state index in [0.717, 1.165) is 0 Å². The van der Waals surface area contributed by atoms with Crippen LogP contribution < -0.4 is 4.74 Å². The highest BCUT2D eigenvalue weighted by molar-refractivity contribution is 6.68.